The average molecular weight is 306 g/mol. The fraction of sp³-hybridized carbons (Fsp3) is 0.933. The van der Waals surface area contributed by atoms with E-state index in [1.54, 1.807) is 0 Å². The van der Waals surface area contributed by atoms with Gasteiger partial charge >= 0.3 is 5.97 Å². The average Bonchev–Trinajstić information content (AvgIpc) is 2.39. The summed E-state index contributed by atoms with van der Waals surface area (Å²) >= 11 is 0. The third-order valence-corrected chi connectivity index (χ3v) is 5.81. The lowest BCUT2D eigenvalue weighted by atomic mass is 10.1. The van der Waals surface area contributed by atoms with Crippen molar-refractivity contribution in [2.45, 2.75) is 83.3 Å². The number of rotatable bonds is 13. The van der Waals surface area contributed by atoms with Crippen LogP contribution >= 0.6 is 0 Å². The first kappa shape index (κ1) is 19.4. The lowest BCUT2D eigenvalue weighted by Gasteiger charge is -2.08. The van der Waals surface area contributed by atoms with Crippen LogP contribution in [0.25, 0.3) is 0 Å². The summed E-state index contributed by atoms with van der Waals surface area (Å²) in [6.07, 6.45) is 11.4. The molecular formula is C15H30O4S. The van der Waals surface area contributed by atoms with Gasteiger partial charge in [0.1, 0.15) is 0 Å². The Hall–Kier alpha value is -0.580. The molecule has 20 heavy (non-hydrogen) atoms. The first-order valence-electron chi connectivity index (χ1n) is 7.86. The Bertz CT molecular complexity index is 349. The highest BCUT2D eigenvalue weighted by Crippen LogP contribution is 2.12. The fourth-order valence-corrected chi connectivity index (χ4v) is 3.39. The monoisotopic (exact) mass is 306 g/mol. The van der Waals surface area contributed by atoms with Crippen molar-refractivity contribution in [3.05, 3.63) is 0 Å². The second-order valence-corrected chi connectivity index (χ2v) is 7.97. The molecule has 0 aromatic carbocycles. The number of unbranched alkanes of at least 4 members (excludes halogenated alkanes) is 9. The smallest absolute Gasteiger partial charge is 0.321 e. The largest absolute Gasteiger partial charge is 0.480 e. The molecule has 0 saturated heterocycles. The zero-order valence-corrected chi connectivity index (χ0v) is 13.8. The first-order valence-corrected chi connectivity index (χ1v) is 9.57. The predicted molar refractivity (Wildman–Crippen MR) is 82.7 cm³/mol. The van der Waals surface area contributed by atoms with Crippen LogP contribution in [0.5, 0.6) is 0 Å². The summed E-state index contributed by atoms with van der Waals surface area (Å²) in [7, 11) is -3.47. The van der Waals surface area contributed by atoms with E-state index < -0.39 is 21.1 Å². The maximum absolute atomic E-state index is 11.6. The minimum absolute atomic E-state index is 0.00301. The van der Waals surface area contributed by atoms with E-state index in [-0.39, 0.29) is 5.75 Å². The fourth-order valence-electron chi connectivity index (χ4n) is 2.12. The molecule has 1 N–H and O–H groups in total. The van der Waals surface area contributed by atoms with Gasteiger partial charge in [-0.15, -0.1) is 0 Å². The molecule has 0 aliphatic carbocycles. The highest BCUT2D eigenvalue weighted by atomic mass is 32.2. The van der Waals surface area contributed by atoms with E-state index >= 15 is 0 Å². The zero-order chi connectivity index (χ0) is 15.4. The topological polar surface area (TPSA) is 71.4 Å². The summed E-state index contributed by atoms with van der Waals surface area (Å²) in [5.41, 5.74) is 0. The molecule has 0 radical (unpaired) electrons. The molecule has 120 valence electrons. The van der Waals surface area contributed by atoms with Gasteiger partial charge in [-0.3, -0.25) is 4.79 Å². The van der Waals surface area contributed by atoms with Gasteiger partial charge in [-0.05, 0) is 13.3 Å². The molecule has 0 amide bonds. The maximum Gasteiger partial charge on any atom is 0.321 e. The molecule has 0 spiro atoms. The van der Waals surface area contributed by atoms with Crippen molar-refractivity contribution in [1.29, 1.82) is 0 Å². The second kappa shape index (κ2) is 11.1. The van der Waals surface area contributed by atoms with Gasteiger partial charge in [0.15, 0.2) is 15.1 Å². The number of carboxylic acids is 1. The summed E-state index contributed by atoms with van der Waals surface area (Å²) < 4.78 is 23.3. The Morgan fingerprint density at radius 2 is 1.30 bits per heavy atom. The summed E-state index contributed by atoms with van der Waals surface area (Å²) in [6.45, 7) is 3.45. The molecule has 0 aromatic heterocycles. The number of sulfone groups is 1. The lowest BCUT2D eigenvalue weighted by Crippen LogP contribution is -2.29. The Morgan fingerprint density at radius 1 is 0.900 bits per heavy atom. The molecule has 0 aromatic rings. The van der Waals surface area contributed by atoms with Crippen LogP contribution in [-0.2, 0) is 14.6 Å². The number of hydrogen-bond donors (Lipinski definition) is 1. The number of hydrogen-bond acceptors (Lipinski definition) is 3. The summed E-state index contributed by atoms with van der Waals surface area (Å²) in [5.74, 6) is -1.26. The Morgan fingerprint density at radius 3 is 1.70 bits per heavy atom. The quantitative estimate of drug-likeness (QED) is 0.525. The van der Waals surface area contributed by atoms with E-state index in [1.807, 2.05) is 0 Å². The minimum Gasteiger partial charge on any atom is -0.480 e. The van der Waals surface area contributed by atoms with Gasteiger partial charge in [0.2, 0.25) is 0 Å². The summed E-state index contributed by atoms with van der Waals surface area (Å²) in [6, 6.07) is 0. The third-order valence-electron chi connectivity index (χ3n) is 3.67. The van der Waals surface area contributed by atoms with Crippen molar-refractivity contribution >= 4 is 15.8 Å². The van der Waals surface area contributed by atoms with Gasteiger partial charge < -0.3 is 5.11 Å². The van der Waals surface area contributed by atoms with Gasteiger partial charge in [0.25, 0.3) is 0 Å². The van der Waals surface area contributed by atoms with Gasteiger partial charge in [-0.2, -0.15) is 0 Å². The Kier molecular flexibility index (Phi) is 10.8. The number of carbonyl (C=O) groups is 1. The number of carboxylic acid groups (broad SMARTS) is 1. The van der Waals surface area contributed by atoms with E-state index in [0.29, 0.717) is 6.42 Å². The SMILES string of the molecule is CCCCCCCCCCCCS(=O)(=O)C(C)C(=O)O. The van der Waals surface area contributed by atoms with Crippen molar-refractivity contribution in [2.75, 3.05) is 5.75 Å². The third kappa shape index (κ3) is 9.34. The lowest BCUT2D eigenvalue weighted by molar-refractivity contribution is -0.136. The molecule has 0 heterocycles. The van der Waals surface area contributed by atoms with E-state index in [0.717, 1.165) is 19.3 Å². The second-order valence-electron chi connectivity index (χ2n) is 5.53. The van der Waals surface area contributed by atoms with Gasteiger partial charge in [0.05, 0.1) is 5.75 Å². The highest BCUT2D eigenvalue weighted by molar-refractivity contribution is 7.92. The zero-order valence-electron chi connectivity index (χ0n) is 12.9. The first-order chi connectivity index (χ1) is 9.41. The Labute approximate surface area is 123 Å². The molecule has 0 fully saturated rings. The van der Waals surface area contributed by atoms with E-state index in [1.165, 1.54) is 45.4 Å². The minimum atomic E-state index is -3.47. The van der Waals surface area contributed by atoms with Gasteiger partial charge in [-0.25, -0.2) is 8.42 Å². The van der Waals surface area contributed by atoms with E-state index in [2.05, 4.69) is 6.92 Å². The summed E-state index contributed by atoms with van der Waals surface area (Å²) in [4.78, 5) is 10.6. The molecular weight excluding hydrogens is 276 g/mol. The van der Waals surface area contributed by atoms with Crippen LogP contribution in [0.2, 0.25) is 0 Å². The van der Waals surface area contributed by atoms with Gasteiger partial charge in [0, 0.05) is 0 Å². The Balaban J connectivity index is 3.51. The van der Waals surface area contributed by atoms with Crippen molar-refractivity contribution in [2.24, 2.45) is 0 Å². The molecule has 0 rings (SSSR count). The molecule has 0 aliphatic heterocycles. The molecule has 0 bridgehead atoms. The van der Waals surface area contributed by atoms with Gasteiger partial charge in [-0.1, -0.05) is 64.7 Å². The van der Waals surface area contributed by atoms with E-state index in [4.69, 9.17) is 5.11 Å². The van der Waals surface area contributed by atoms with Crippen molar-refractivity contribution in [3.63, 3.8) is 0 Å². The van der Waals surface area contributed by atoms with Crippen LogP contribution < -0.4 is 0 Å². The predicted octanol–water partition coefficient (Wildman–Crippen LogP) is 3.80. The van der Waals surface area contributed by atoms with E-state index in [9.17, 15) is 13.2 Å². The molecule has 5 heteroatoms. The van der Waals surface area contributed by atoms with Crippen LogP contribution in [0.1, 0.15) is 78.1 Å². The maximum atomic E-state index is 11.6. The molecule has 1 atom stereocenters. The molecule has 0 saturated carbocycles. The molecule has 0 aliphatic rings. The highest BCUT2D eigenvalue weighted by Gasteiger charge is 2.26. The van der Waals surface area contributed by atoms with Crippen LogP contribution in [-0.4, -0.2) is 30.5 Å². The van der Waals surface area contributed by atoms with Crippen LogP contribution in [0.3, 0.4) is 0 Å². The van der Waals surface area contributed by atoms with Crippen LogP contribution in [0, 0.1) is 0 Å². The normalized spacial score (nSPS) is 13.3. The van der Waals surface area contributed by atoms with Crippen LogP contribution in [0.15, 0.2) is 0 Å². The standard InChI is InChI=1S/C15H30O4S/c1-3-4-5-6-7-8-9-10-11-12-13-20(18,19)14(2)15(16)17/h14H,3-13H2,1-2H3,(H,16,17). The molecule has 1 unspecified atom stereocenters. The van der Waals surface area contributed by atoms with Crippen LogP contribution in [0.4, 0.5) is 0 Å². The van der Waals surface area contributed by atoms with Crippen molar-refractivity contribution in [1.82, 2.24) is 0 Å². The van der Waals surface area contributed by atoms with Crippen molar-refractivity contribution < 1.29 is 18.3 Å². The number of aliphatic carboxylic acids is 1. The molecule has 4 nitrogen and oxygen atoms in total. The summed E-state index contributed by atoms with van der Waals surface area (Å²) in [5, 5.41) is 7.42. The van der Waals surface area contributed by atoms with Crippen molar-refractivity contribution in [3.8, 4) is 0 Å².